The quantitative estimate of drug-likeness (QED) is 0.776. The third-order valence-electron chi connectivity index (χ3n) is 5.05. The van der Waals surface area contributed by atoms with Crippen molar-refractivity contribution in [2.75, 3.05) is 19.6 Å². The first-order valence-electron chi connectivity index (χ1n) is 9.52. The fourth-order valence-corrected chi connectivity index (χ4v) is 5.09. The van der Waals surface area contributed by atoms with Gasteiger partial charge in [-0.15, -0.1) is 0 Å². The van der Waals surface area contributed by atoms with E-state index in [0.29, 0.717) is 24.3 Å². The first kappa shape index (κ1) is 19.2. The minimum absolute atomic E-state index is 0.0662. The highest BCUT2D eigenvalue weighted by atomic mass is 32.2. The second-order valence-electron chi connectivity index (χ2n) is 8.06. The Hall–Kier alpha value is -1.53. The molecule has 5 nitrogen and oxygen atoms in total. The Labute approximate surface area is 161 Å². The third kappa shape index (κ3) is 4.41. The van der Waals surface area contributed by atoms with Crippen LogP contribution in [-0.4, -0.2) is 46.2 Å². The molecule has 2 N–H and O–H groups in total. The standard InChI is InChI=1S/C20H30N4OS/c1-15(2)12-20(3)18(25)24(19(21)22-20)14-16-8-7-11-23(13-16)26-17-9-5-4-6-10-17/h4-6,9-10,15-16H,7-8,11-14H2,1-3H3,(H2,21,22). The van der Waals surface area contributed by atoms with Crippen LogP contribution in [0, 0.1) is 11.8 Å². The van der Waals surface area contributed by atoms with E-state index in [0.717, 1.165) is 32.4 Å². The van der Waals surface area contributed by atoms with Gasteiger partial charge in [0.1, 0.15) is 5.54 Å². The number of aliphatic imine (C=N–C) groups is 1. The summed E-state index contributed by atoms with van der Waals surface area (Å²) < 4.78 is 2.41. The van der Waals surface area contributed by atoms with E-state index in [1.54, 1.807) is 16.8 Å². The average molecular weight is 375 g/mol. The van der Waals surface area contributed by atoms with E-state index in [1.165, 1.54) is 4.90 Å². The molecule has 0 spiro atoms. The van der Waals surface area contributed by atoms with Crippen LogP contribution in [0.25, 0.3) is 0 Å². The fourth-order valence-electron chi connectivity index (χ4n) is 4.01. The Morgan fingerprint density at radius 3 is 2.77 bits per heavy atom. The zero-order chi connectivity index (χ0) is 18.7. The summed E-state index contributed by atoms with van der Waals surface area (Å²) in [6, 6.07) is 10.5. The maximum absolute atomic E-state index is 12.9. The summed E-state index contributed by atoms with van der Waals surface area (Å²) in [7, 11) is 0. The molecule has 1 amide bonds. The first-order chi connectivity index (χ1) is 12.4. The summed E-state index contributed by atoms with van der Waals surface area (Å²) >= 11 is 1.80. The van der Waals surface area contributed by atoms with E-state index >= 15 is 0 Å². The first-order valence-corrected chi connectivity index (χ1v) is 10.3. The van der Waals surface area contributed by atoms with Gasteiger partial charge in [0.2, 0.25) is 0 Å². The number of hydrogen-bond donors (Lipinski definition) is 1. The van der Waals surface area contributed by atoms with Gasteiger partial charge < -0.3 is 5.73 Å². The van der Waals surface area contributed by atoms with Crippen molar-refractivity contribution in [1.29, 1.82) is 0 Å². The van der Waals surface area contributed by atoms with Crippen LogP contribution in [0.5, 0.6) is 0 Å². The highest BCUT2D eigenvalue weighted by Crippen LogP contribution is 2.32. The molecule has 0 aliphatic carbocycles. The predicted molar refractivity (Wildman–Crippen MR) is 108 cm³/mol. The molecular formula is C20H30N4OS. The molecule has 1 fully saturated rings. The zero-order valence-electron chi connectivity index (χ0n) is 16.0. The topological polar surface area (TPSA) is 61.9 Å². The number of nitrogens with two attached hydrogens (primary N) is 1. The normalized spacial score (nSPS) is 27.2. The van der Waals surface area contributed by atoms with E-state index in [1.807, 2.05) is 13.0 Å². The van der Waals surface area contributed by atoms with Gasteiger partial charge in [-0.25, -0.2) is 9.30 Å². The van der Waals surface area contributed by atoms with Gasteiger partial charge in [-0.1, -0.05) is 32.0 Å². The lowest BCUT2D eigenvalue weighted by atomic mass is 9.90. The van der Waals surface area contributed by atoms with Gasteiger partial charge in [0.05, 0.1) is 0 Å². The molecule has 2 aliphatic rings. The summed E-state index contributed by atoms with van der Waals surface area (Å²) in [6.45, 7) is 8.88. The number of carbonyl (C=O) groups excluding carboxylic acids is 1. The molecule has 2 aliphatic heterocycles. The van der Waals surface area contributed by atoms with Crippen molar-refractivity contribution in [3.8, 4) is 0 Å². The minimum atomic E-state index is -0.689. The average Bonchev–Trinajstić information content (AvgIpc) is 2.78. The molecule has 2 atom stereocenters. The number of guanidine groups is 1. The van der Waals surface area contributed by atoms with Crippen LogP contribution in [0.2, 0.25) is 0 Å². The fraction of sp³-hybridized carbons (Fsp3) is 0.600. The second-order valence-corrected chi connectivity index (χ2v) is 9.23. The molecule has 0 bridgehead atoms. The molecule has 2 heterocycles. The van der Waals surface area contributed by atoms with Gasteiger partial charge in [0, 0.05) is 24.5 Å². The minimum Gasteiger partial charge on any atom is -0.369 e. The molecule has 142 valence electrons. The molecule has 0 aromatic heterocycles. The summed E-state index contributed by atoms with van der Waals surface area (Å²) in [4.78, 5) is 20.4. The molecule has 26 heavy (non-hydrogen) atoms. The van der Waals surface area contributed by atoms with Crippen LogP contribution in [0.15, 0.2) is 40.2 Å². The van der Waals surface area contributed by atoms with Crippen molar-refractivity contribution in [2.24, 2.45) is 22.6 Å². The van der Waals surface area contributed by atoms with E-state index in [4.69, 9.17) is 5.73 Å². The third-order valence-corrected chi connectivity index (χ3v) is 6.12. The maximum atomic E-state index is 12.9. The van der Waals surface area contributed by atoms with E-state index in [2.05, 4.69) is 47.4 Å². The number of benzene rings is 1. The summed E-state index contributed by atoms with van der Waals surface area (Å²) in [5.74, 6) is 1.30. The Kier molecular flexibility index (Phi) is 5.92. The Morgan fingerprint density at radius 1 is 1.35 bits per heavy atom. The van der Waals surface area contributed by atoms with Gasteiger partial charge in [0.15, 0.2) is 5.96 Å². The van der Waals surface area contributed by atoms with E-state index < -0.39 is 5.54 Å². The predicted octanol–water partition coefficient (Wildman–Crippen LogP) is 3.37. The smallest absolute Gasteiger partial charge is 0.257 e. The maximum Gasteiger partial charge on any atom is 0.257 e. The molecule has 6 heteroatoms. The molecule has 0 radical (unpaired) electrons. The molecule has 1 saturated heterocycles. The van der Waals surface area contributed by atoms with Crippen molar-refractivity contribution in [2.45, 2.75) is 50.5 Å². The highest BCUT2D eigenvalue weighted by molar-refractivity contribution is 7.97. The second kappa shape index (κ2) is 8.01. The van der Waals surface area contributed by atoms with Crippen LogP contribution < -0.4 is 5.73 Å². The number of nitrogens with zero attached hydrogens (tertiary/aromatic N) is 3. The number of hydrogen-bond acceptors (Lipinski definition) is 5. The molecular weight excluding hydrogens is 344 g/mol. The van der Waals surface area contributed by atoms with Crippen molar-refractivity contribution in [3.63, 3.8) is 0 Å². The Morgan fingerprint density at radius 2 is 2.08 bits per heavy atom. The van der Waals surface area contributed by atoms with Gasteiger partial charge in [-0.2, -0.15) is 0 Å². The van der Waals surface area contributed by atoms with Gasteiger partial charge in [-0.3, -0.25) is 9.69 Å². The Bertz CT molecular complexity index is 663. The zero-order valence-corrected chi connectivity index (χ0v) is 16.8. The lowest BCUT2D eigenvalue weighted by Gasteiger charge is -2.34. The summed E-state index contributed by atoms with van der Waals surface area (Å²) in [6.07, 6.45) is 3.01. The summed E-state index contributed by atoms with van der Waals surface area (Å²) in [5, 5.41) is 0. The van der Waals surface area contributed by atoms with Crippen LogP contribution >= 0.6 is 11.9 Å². The number of amides is 1. The molecule has 3 rings (SSSR count). The van der Waals surface area contributed by atoms with Gasteiger partial charge >= 0.3 is 0 Å². The highest BCUT2D eigenvalue weighted by Gasteiger charge is 2.44. The van der Waals surface area contributed by atoms with Crippen LogP contribution in [0.1, 0.15) is 40.0 Å². The van der Waals surface area contributed by atoms with Crippen molar-refractivity contribution >= 4 is 23.8 Å². The van der Waals surface area contributed by atoms with Crippen LogP contribution in [0.3, 0.4) is 0 Å². The van der Waals surface area contributed by atoms with E-state index in [-0.39, 0.29) is 5.91 Å². The van der Waals surface area contributed by atoms with Crippen molar-refractivity contribution in [3.05, 3.63) is 30.3 Å². The largest absolute Gasteiger partial charge is 0.369 e. The SMILES string of the molecule is CC(C)CC1(C)N=C(N)N(CC2CCCN(Sc3ccccc3)C2)C1=O. The molecule has 2 unspecified atom stereocenters. The number of piperidine rings is 1. The molecule has 0 saturated carbocycles. The molecule has 1 aromatic rings. The number of carbonyl (C=O) groups is 1. The number of rotatable bonds is 6. The monoisotopic (exact) mass is 374 g/mol. The summed E-state index contributed by atoms with van der Waals surface area (Å²) in [5.41, 5.74) is 5.44. The Balaban J connectivity index is 1.60. The van der Waals surface area contributed by atoms with Crippen LogP contribution in [0.4, 0.5) is 0 Å². The van der Waals surface area contributed by atoms with Gasteiger partial charge in [0.25, 0.3) is 5.91 Å². The lowest BCUT2D eigenvalue weighted by Crippen LogP contribution is -2.47. The molecule has 1 aromatic carbocycles. The van der Waals surface area contributed by atoms with Crippen LogP contribution in [-0.2, 0) is 4.79 Å². The van der Waals surface area contributed by atoms with Crippen molar-refractivity contribution < 1.29 is 4.79 Å². The van der Waals surface area contributed by atoms with Gasteiger partial charge in [-0.05, 0) is 62.1 Å². The lowest BCUT2D eigenvalue weighted by molar-refractivity contribution is -0.131. The van der Waals surface area contributed by atoms with E-state index in [9.17, 15) is 4.79 Å². The van der Waals surface area contributed by atoms with Crippen molar-refractivity contribution in [1.82, 2.24) is 9.21 Å².